The Balaban J connectivity index is 2.08. The van der Waals surface area contributed by atoms with Crippen LogP contribution in [0.3, 0.4) is 0 Å². The summed E-state index contributed by atoms with van der Waals surface area (Å²) < 4.78 is 23.5. The van der Waals surface area contributed by atoms with E-state index in [4.69, 9.17) is 21.4 Å². The van der Waals surface area contributed by atoms with Crippen molar-refractivity contribution in [1.29, 1.82) is 0 Å². The molecule has 0 aliphatic heterocycles. The maximum Gasteiger partial charge on any atom is 0.200 e. The van der Waals surface area contributed by atoms with Crippen LogP contribution in [0.5, 0.6) is 5.75 Å². The number of aliphatic hydroxyl groups is 2. The number of hydrogen-bond acceptors (Lipinski definition) is 6. The second-order valence-electron chi connectivity index (χ2n) is 6.07. The van der Waals surface area contributed by atoms with Crippen molar-refractivity contribution in [2.45, 2.75) is 6.10 Å². The fraction of sp³-hybridized carbons (Fsp3) is 0.235. The van der Waals surface area contributed by atoms with E-state index in [1.807, 2.05) is 0 Å². The molecule has 0 spiro atoms. The largest absolute Gasteiger partial charge is 0.495 e. The van der Waals surface area contributed by atoms with Crippen LogP contribution in [0.2, 0.25) is 5.02 Å². The van der Waals surface area contributed by atoms with Gasteiger partial charge in [0.2, 0.25) is 0 Å². The maximum absolute atomic E-state index is 15.1. The summed E-state index contributed by atoms with van der Waals surface area (Å²) in [5, 5.41) is 26.0. The lowest BCUT2D eigenvalue weighted by molar-refractivity contribution is 0.0889. The van der Waals surface area contributed by atoms with Crippen LogP contribution in [0.15, 0.2) is 24.8 Å². The zero-order valence-corrected chi connectivity index (χ0v) is 15.6. The Morgan fingerprint density at radius 1 is 1.43 bits per heavy atom. The van der Waals surface area contributed by atoms with Crippen LogP contribution in [0.4, 0.5) is 4.39 Å². The normalized spacial score (nSPS) is 12.6. The van der Waals surface area contributed by atoms with Gasteiger partial charge in [-0.3, -0.25) is 5.10 Å². The Kier molecular flexibility index (Phi) is 4.53. The van der Waals surface area contributed by atoms with E-state index in [0.29, 0.717) is 16.8 Å². The lowest BCUT2D eigenvalue weighted by atomic mass is 10.2. The number of halogens is 2. The molecule has 11 heteroatoms. The van der Waals surface area contributed by atoms with Crippen LogP contribution < -0.4 is 4.74 Å². The van der Waals surface area contributed by atoms with Gasteiger partial charge in [0.15, 0.2) is 17.5 Å². The Morgan fingerprint density at radius 3 is 2.86 bits per heavy atom. The van der Waals surface area contributed by atoms with Crippen molar-refractivity contribution in [3.63, 3.8) is 0 Å². The molecule has 146 valence electrons. The quantitative estimate of drug-likeness (QED) is 0.467. The summed E-state index contributed by atoms with van der Waals surface area (Å²) in [6.07, 6.45) is 3.64. The number of ether oxygens (including phenoxy) is 1. The third-order valence-corrected chi connectivity index (χ3v) is 4.84. The molecule has 0 fully saturated rings. The summed E-state index contributed by atoms with van der Waals surface area (Å²) in [5.74, 6) is -0.149. The van der Waals surface area contributed by atoms with Crippen LogP contribution in [0.25, 0.3) is 28.1 Å². The molecule has 0 saturated heterocycles. The summed E-state index contributed by atoms with van der Waals surface area (Å²) in [5.41, 5.74) is 1.26. The highest BCUT2D eigenvalue weighted by Gasteiger charge is 2.27. The molecule has 4 rings (SSSR count). The van der Waals surface area contributed by atoms with Gasteiger partial charge < -0.3 is 24.1 Å². The number of nitrogens with zero attached hydrogens (tertiary/aromatic N) is 5. The summed E-state index contributed by atoms with van der Waals surface area (Å²) in [6, 6.07) is 1.63. The fourth-order valence-corrected chi connectivity index (χ4v) is 3.39. The van der Waals surface area contributed by atoms with E-state index in [-0.39, 0.29) is 27.9 Å². The molecule has 28 heavy (non-hydrogen) atoms. The molecule has 0 amide bonds. The molecule has 1 unspecified atom stereocenters. The smallest absolute Gasteiger partial charge is 0.200 e. The van der Waals surface area contributed by atoms with E-state index in [1.165, 1.54) is 7.11 Å². The fourth-order valence-electron chi connectivity index (χ4n) is 3.17. The van der Waals surface area contributed by atoms with Crippen molar-refractivity contribution in [3.8, 4) is 23.0 Å². The topological polar surface area (TPSA) is 114 Å². The van der Waals surface area contributed by atoms with Gasteiger partial charge >= 0.3 is 0 Å². The molecule has 9 nitrogen and oxygen atoms in total. The molecular weight excluding hydrogens is 391 g/mol. The molecule has 3 N–H and O–H groups in total. The summed E-state index contributed by atoms with van der Waals surface area (Å²) in [4.78, 5) is 8.31. The predicted octanol–water partition coefficient (Wildman–Crippen LogP) is 1.98. The molecule has 0 saturated carbocycles. The number of rotatable bonds is 5. The number of aryl methyl sites for hydroxylation is 1. The van der Waals surface area contributed by atoms with Crippen LogP contribution in [-0.4, -0.2) is 53.2 Å². The molecule has 0 aliphatic carbocycles. The van der Waals surface area contributed by atoms with E-state index >= 15 is 4.39 Å². The first-order valence-electron chi connectivity index (χ1n) is 8.22. The number of nitrogens with one attached hydrogen (secondary N) is 1. The van der Waals surface area contributed by atoms with E-state index in [0.717, 1.165) is 0 Å². The second kappa shape index (κ2) is 6.89. The van der Waals surface area contributed by atoms with E-state index in [9.17, 15) is 5.11 Å². The monoisotopic (exact) mass is 406 g/mol. The van der Waals surface area contributed by atoms with Gasteiger partial charge in [0.05, 0.1) is 31.2 Å². The number of methoxy groups -OCH3 is 1. The third-order valence-electron chi connectivity index (χ3n) is 4.48. The number of fused-ring (bicyclic) bond motifs is 1. The number of aromatic nitrogens is 6. The minimum atomic E-state index is -1.21. The molecule has 1 aromatic carbocycles. The number of benzene rings is 1. The van der Waals surface area contributed by atoms with Gasteiger partial charge in [-0.05, 0) is 6.07 Å². The van der Waals surface area contributed by atoms with E-state index < -0.39 is 18.5 Å². The van der Waals surface area contributed by atoms with Crippen molar-refractivity contribution < 1.29 is 19.3 Å². The van der Waals surface area contributed by atoms with Gasteiger partial charge in [-0.15, -0.1) is 0 Å². The molecule has 0 radical (unpaired) electrons. The molecule has 3 aromatic heterocycles. The minimum Gasteiger partial charge on any atom is -0.495 e. The average Bonchev–Trinajstić information content (AvgIpc) is 3.42. The van der Waals surface area contributed by atoms with Gasteiger partial charge in [0.25, 0.3) is 0 Å². The maximum atomic E-state index is 15.1. The van der Waals surface area contributed by atoms with Crippen LogP contribution in [0, 0.1) is 5.82 Å². The molecule has 3 heterocycles. The number of aromatic amines is 1. The van der Waals surface area contributed by atoms with Crippen LogP contribution >= 0.6 is 11.6 Å². The van der Waals surface area contributed by atoms with Gasteiger partial charge in [-0.1, -0.05) is 11.6 Å². The Labute approximate surface area is 163 Å². The summed E-state index contributed by atoms with van der Waals surface area (Å²) in [7, 11) is 3.06. The van der Waals surface area contributed by atoms with E-state index in [2.05, 4.69) is 20.2 Å². The molecule has 4 aromatic rings. The lowest BCUT2D eigenvalue weighted by Gasteiger charge is -2.07. The standard InChI is InChI=1S/C17H16ClFN6O3/c1-24-13-8(5-10(28-2)11(18)12(13)19)14(25-4-3-20-7-25)15(24)17-21-16(22-23-17)9(27)6-26/h3-5,7,9,26-27H,6H2,1-2H3,(H,21,22,23). The zero-order valence-electron chi connectivity index (χ0n) is 14.9. The first-order chi connectivity index (χ1) is 13.5. The van der Waals surface area contributed by atoms with Gasteiger partial charge in [-0.2, -0.15) is 5.10 Å². The van der Waals surface area contributed by atoms with Crippen molar-refractivity contribution in [2.75, 3.05) is 13.7 Å². The van der Waals surface area contributed by atoms with Gasteiger partial charge in [0, 0.05) is 24.8 Å². The number of aliphatic hydroxyl groups excluding tert-OH is 2. The highest BCUT2D eigenvalue weighted by molar-refractivity contribution is 6.33. The third kappa shape index (κ3) is 2.65. The highest BCUT2D eigenvalue weighted by atomic mass is 35.5. The molecular formula is C17H16ClFN6O3. The molecule has 0 bridgehead atoms. The second-order valence-corrected chi connectivity index (χ2v) is 6.45. The predicted molar refractivity (Wildman–Crippen MR) is 99.0 cm³/mol. The average molecular weight is 407 g/mol. The zero-order chi connectivity index (χ0) is 20.0. The Hall–Kier alpha value is -2.95. The molecule has 1 atom stereocenters. The summed E-state index contributed by atoms with van der Waals surface area (Å²) >= 11 is 6.11. The first kappa shape index (κ1) is 18.4. The number of imidazole rings is 1. The van der Waals surface area contributed by atoms with E-state index in [1.54, 1.807) is 41.0 Å². The molecule has 0 aliphatic rings. The van der Waals surface area contributed by atoms with Gasteiger partial charge in [0.1, 0.15) is 22.6 Å². The van der Waals surface area contributed by atoms with Crippen molar-refractivity contribution in [3.05, 3.63) is 41.5 Å². The summed E-state index contributed by atoms with van der Waals surface area (Å²) in [6.45, 7) is -0.514. The lowest BCUT2D eigenvalue weighted by Crippen LogP contribution is -2.04. The van der Waals surface area contributed by atoms with Crippen molar-refractivity contribution in [2.24, 2.45) is 7.05 Å². The van der Waals surface area contributed by atoms with Crippen molar-refractivity contribution in [1.82, 2.24) is 29.3 Å². The first-order valence-corrected chi connectivity index (χ1v) is 8.60. The number of H-pyrrole nitrogens is 1. The Bertz CT molecular complexity index is 1150. The van der Waals surface area contributed by atoms with Crippen molar-refractivity contribution >= 4 is 22.5 Å². The minimum absolute atomic E-state index is 0.0930. The highest BCUT2D eigenvalue weighted by Crippen LogP contribution is 2.41. The van der Waals surface area contributed by atoms with Crippen LogP contribution in [0.1, 0.15) is 11.9 Å². The number of hydrogen-bond donors (Lipinski definition) is 3. The Morgan fingerprint density at radius 2 is 2.21 bits per heavy atom. The SMILES string of the molecule is COc1cc2c(-n3ccnc3)c(-c3n[nH]c(C(O)CO)n3)n(C)c2c(F)c1Cl. The van der Waals surface area contributed by atoms with Crippen LogP contribution in [-0.2, 0) is 7.05 Å². The van der Waals surface area contributed by atoms with Gasteiger partial charge in [-0.25, -0.2) is 14.4 Å².